The van der Waals surface area contributed by atoms with Crippen LogP contribution in [0.2, 0.25) is 0 Å². The number of hydrogen-bond acceptors (Lipinski definition) is 9. The number of nitrogens with zero attached hydrogens (tertiary/aromatic N) is 1. The zero-order valence-electron chi connectivity index (χ0n) is 18.5. The van der Waals surface area contributed by atoms with Gasteiger partial charge < -0.3 is 24.3 Å². The average molecular weight is 447 g/mol. The molecular formula is C22H26N2O6S. The third-order valence-electron chi connectivity index (χ3n) is 4.58. The Morgan fingerprint density at radius 1 is 1.16 bits per heavy atom. The number of carbonyl (C=O) groups excluding carboxylic acids is 2. The number of dihydropyridines is 1. The fourth-order valence-electron chi connectivity index (χ4n) is 3.28. The molecule has 1 aliphatic heterocycles. The largest absolute Gasteiger partial charge is 0.493 e. The maximum Gasteiger partial charge on any atom is 0.336 e. The highest BCUT2D eigenvalue weighted by molar-refractivity contribution is 8.03. The molecule has 0 fully saturated rings. The van der Waals surface area contributed by atoms with Gasteiger partial charge in [-0.3, -0.25) is 4.79 Å². The molecule has 0 aliphatic carbocycles. The van der Waals surface area contributed by atoms with E-state index in [2.05, 4.69) is 11.4 Å². The number of carbonyl (C=O) groups is 2. The SMILES string of the molecule is CCOC(=O)C1=C(C)NC(SCC(C)=O)=C(C#N)C1c1cc(OC)c(OC)c(OC)c1. The Bertz CT molecular complexity index is 952. The molecule has 0 spiro atoms. The molecule has 0 bridgehead atoms. The van der Waals surface area contributed by atoms with Crippen molar-refractivity contribution in [2.45, 2.75) is 26.7 Å². The van der Waals surface area contributed by atoms with Gasteiger partial charge in [-0.15, -0.1) is 0 Å². The maximum absolute atomic E-state index is 12.9. The molecule has 0 saturated heterocycles. The van der Waals surface area contributed by atoms with Gasteiger partial charge in [0, 0.05) is 5.70 Å². The van der Waals surface area contributed by atoms with Crippen LogP contribution in [0.3, 0.4) is 0 Å². The predicted molar refractivity (Wildman–Crippen MR) is 117 cm³/mol. The molecule has 1 aromatic carbocycles. The van der Waals surface area contributed by atoms with E-state index in [1.807, 2.05) is 0 Å². The number of nitrogens with one attached hydrogen (secondary N) is 1. The molecule has 1 atom stereocenters. The minimum Gasteiger partial charge on any atom is -0.493 e. The second-order valence-electron chi connectivity index (χ2n) is 6.62. The van der Waals surface area contributed by atoms with Crippen molar-refractivity contribution in [3.63, 3.8) is 0 Å². The molecule has 9 heteroatoms. The van der Waals surface area contributed by atoms with E-state index in [9.17, 15) is 14.9 Å². The third kappa shape index (κ3) is 5.14. The summed E-state index contributed by atoms with van der Waals surface area (Å²) in [6.45, 7) is 5.12. The molecule has 1 heterocycles. The molecule has 166 valence electrons. The number of ether oxygens (including phenoxy) is 4. The number of ketones is 1. The number of benzene rings is 1. The summed E-state index contributed by atoms with van der Waals surface area (Å²) in [5.41, 5.74) is 1.74. The predicted octanol–water partition coefficient (Wildman–Crippen LogP) is 3.29. The Morgan fingerprint density at radius 3 is 2.23 bits per heavy atom. The first-order valence-corrected chi connectivity index (χ1v) is 10.5. The highest BCUT2D eigenvalue weighted by atomic mass is 32.2. The first kappa shape index (κ1) is 24.2. The van der Waals surface area contributed by atoms with Crippen LogP contribution in [-0.4, -0.2) is 45.4 Å². The summed E-state index contributed by atoms with van der Waals surface area (Å²) in [5, 5.41) is 13.6. The summed E-state index contributed by atoms with van der Waals surface area (Å²) in [5.74, 6) is 0.0758. The van der Waals surface area contributed by atoms with Crippen LogP contribution in [0.25, 0.3) is 0 Å². The van der Waals surface area contributed by atoms with Gasteiger partial charge >= 0.3 is 5.97 Å². The Kier molecular flexibility index (Phi) is 8.39. The molecule has 1 aliphatic rings. The lowest BCUT2D eigenvalue weighted by Gasteiger charge is -2.30. The first-order chi connectivity index (χ1) is 14.8. The molecule has 1 aromatic rings. The van der Waals surface area contributed by atoms with Crippen molar-refractivity contribution in [1.82, 2.24) is 5.32 Å². The Balaban J connectivity index is 2.76. The van der Waals surface area contributed by atoms with Crippen molar-refractivity contribution in [3.8, 4) is 23.3 Å². The monoisotopic (exact) mass is 446 g/mol. The van der Waals surface area contributed by atoms with Crippen molar-refractivity contribution in [1.29, 1.82) is 5.26 Å². The molecule has 0 aromatic heterocycles. The van der Waals surface area contributed by atoms with Gasteiger partial charge in [0.05, 0.1) is 61.9 Å². The van der Waals surface area contributed by atoms with E-state index in [0.29, 0.717) is 44.7 Å². The molecule has 0 amide bonds. The van der Waals surface area contributed by atoms with Crippen molar-refractivity contribution >= 4 is 23.5 Å². The summed E-state index contributed by atoms with van der Waals surface area (Å²) in [4.78, 5) is 24.4. The van der Waals surface area contributed by atoms with Crippen molar-refractivity contribution in [2.75, 3.05) is 33.7 Å². The Morgan fingerprint density at radius 2 is 1.77 bits per heavy atom. The van der Waals surface area contributed by atoms with Gasteiger partial charge in [-0.05, 0) is 38.5 Å². The summed E-state index contributed by atoms with van der Waals surface area (Å²) in [6.07, 6.45) is 0. The van der Waals surface area contributed by atoms with Crippen molar-refractivity contribution in [3.05, 3.63) is 39.6 Å². The van der Waals surface area contributed by atoms with Gasteiger partial charge in [0.1, 0.15) is 5.78 Å². The fourth-order valence-corrected chi connectivity index (χ4v) is 4.17. The van der Waals surface area contributed by atoms with E-state index < -0.39 is 11.9 Å². The van der Waals surface area contributed by atoms with Crippen LogP contribution in [0.15, 0.2) is 34.0 Å². The van der Waals surface area contributed by atoms with E-state index in [4.69, 9.17) is 18.9 Å². The standard InChI is InChI=1S/C22H26N2O6S/c1-7-30-22(26)18-13(3)24-21(31-11-12(2)25)15(10-23)19(18)14-8-16(27-4)20(29-6)17(9-14)28-5/h8-9,19,24H,7,11H2,1-6H3. The van der Waals surface area contributed by atoms with E-state index in [1.165, 1.54) is 40.0 Å². The molecule has 0 radical (unpaired) electrons. The quantitative estimate of drug-likeness (QED) is 0.572. The van der Waals surface area contributed by atoms with Crippen LogP contribution in [0.4, 0.5) is 0 Å². The van der Waals surface area contributed by atoms with Crippen LogP contribution < -0.4 is 19.5 Å². The lowest BCUT2D eigenvalue weighted by molar-refractivity contribution is -0.138. The van der Waals surface area contributed by atoms with Crippen molar-refractivity contribution in [2.24, 2.45) is 0 Å². The van der Waals surface area contributed by atoms with E-state index >= 15 is 0 Å². The molecular weight excluding hydrogens is 420 g/mol. The number of nitriles is 1. The summed E-state index contributed by atoms with van der Waals surface area (Å²) in [6, 6.07) is 5.61. The van der Waals surface area contributed by atoms with Crippen molar-refractivity contribution < 1.29 is 28.5 Å². The Labute approximate surface area is 186 Å². The minimum atomic E-state index is -0.742. The van der Waals surface area contributed by atoms with Crippen LogP contribution in [0.5, 0.6) is 17.2 Å². The highest BCUT2D eigenvalue weighted by Crippen LogP contribution is 2.46. The number of allylic oxidation sites excluding steroid dienone is 2. The normalized spacial score (nSPS) is 15.7. The topological polar surface area (TPSA) is 107 Å². The van der Waals surface area contributed by atoms with Gasteiger partial charge in [-0.25, -0.2) is 4.79 Å². The zero-order chi connectivity index (χ0) is 23.1. The number of methoxy groups -OCH3 is 3. The molecule has 1 N–H and O–H groups in total. The minimum absolute atomic E-state index is 0.0289. The smallest absolute Gasteiger partial charge is 0.336 e. The zero-order valence-corrected chi connectivity index (χ0v) is 19.3. The lowest BCUT2D eigenvalue weighted by Crippen LogP contribution is -2.29. The van der Waals surface area contributed by atoms with E-state index in [0.717, 1.165) is 0 Å². The average Bonchev–Trinajstić information content (AvgIpc) is 2.75. The molecule has 8 nitrogen and oxygen atoms in total. The van der Waals surface area contributed by atoms with Gasteiger partial charge in [-0.1, -0.05) is 11.8 Å². The maximum atomic E-state index is 12.9. The van der Waals surface area contributed by atoms with E-state index in [1.54, 1.807) is 26.0 Å². The summed E-state index contributed by atoms with van der Waals surface area (Å²) in [7, 11) is 4.48. The molecule has 0 saturated carbocycles. The molecule has 1 unspecified atom stereocenters. The fraction of sp³-hybridized carbons (Fsp3) is 0.409. The first-order valence-electron chi connectivity index (χ1n) is 9.54. The van der Waals surface area contributed by atoms with Gasteiger partial charge in [-0.2, -0.15) is 5.26 Å². The summed E-state index contributed by atoms with van der Waals surface area (Å²) < 4.78 is 21.6. The number of Topliss-reactive ketones (excluding diaryl/α,β-unsaturated/α-hetero) is 1. The number of rotatable bonds is 9. The number of hydrogen-bond donors (Lipinski definition) is 1. The molecule has 31 heavy (non-hydrogen) atoms. The van der Waals surface area contributed by atoms with E-state index in [-0.39, 0.29) is 18.1 Å². The van der Waals surface area contributed by atoms with Gasteiger partial charge in [0.15, 0.2) is 11.5 Å². The third-order valence-corrected chi connectivity index (χ3v) is 5.74. The summed E-state index contributed by atoms with van der Waals surface area (Å²) >= 11 is 1.22. The second-order valence-corrected chi connectivity index (χ2v) is 7.61. The Hall–Kier alpha value is -3.12. The van der Waals surface area contributed by atoms with Crippen LogP contribution in [-0.2, 0) is 14.3 Å². The van der Waals surface area contributed by atoms with Gasteiger partial charge in [0.2, 0.25) is 5.75 Å². The lowest BCUT2D eigenvalue weighted by atomic mass is 9.82. The van der Waals surface area contributed by atoms with Crippen LogP contribution in [0.1, 0.15) is 32.3 Å². The number of esters is 1. The van der Waals surface area contributed by atoms with Gasteiger partial charge in [0.25, 0.3) is 0 Å². The van der Waals surface area contributed by atoms with Crippen LogP contribution in [0, 0.1) is 11.3 Å². The number of thioether (sulfide) groups is 1. The second kappa shape index (κ2) is 10.8. The highest BCUT2D eigenvalue weighted by Gasteiger charge is 2.36. The molecule has 2 rings (SSSR count). The van der Waals surface area contributed by atoms with Crippen LogP contribution >= 0.6 is 11.8 Å².